The maximum absolute atomic E-state index is 11.7. The number of hydrogen-bond donors (Lipinski definition) is 2. The zero-order valence-corrected chi connectivity index (χ0v) is 10.2. The van der Waals surface area contributed by atoms with E-state index in [4.69, 9.17) is 4.42 Å². The number of hydrogen-bond acceptors (Lipinski definition) is 2. The third-order valence-corrected chi connectivity index (χ3v) is 3.16. The van der Waals surface area contributed by atoms with Crippen LogP contribution in [0.3, 0.4) is 0 Å². The SMILES string of the molecule is CC(Cc1ccco1)NC(=O)NC1CCCC1. The van der Waals surface area contributed by atoms with Gasteiger partial charge in [-0.25, -0.2) is 4.79 Å². The summed E-state index contributed by atoms with van der Waals surface area (Å²) in [6.45, 7) is 1.98. The van der Waals surface area contributed by atoms with Gasteiger partial charge in [0.25, 0.3) is 0 Å². The van der Waals surface area contributed by atoms with E-state index in [-0.39, 0.29) is 12.1 Å². The first kappa shape index (κ1) is 12.0. The second kappa shape index (κ2) is 5.75. The summed E-state index contributed by atoms with van der Waals surface area (Å²) in [6, 6.07) is 4.18. The highest BCUT2D eigenvalue weighted by atomic mass is 16.3. The van der Waals surface area contributed by atoms with Crippen LogP contribution in [0.5, 0.6) is 0 Å². The minimum absolute atomic E-state index is 0.0593. The van der Waals surface area contributed by atoms with E-state index in [0.29, 0.717) is 6.04 Å². The van der Waals surface area contributed by atoms with Gasteiger partial charge in [0.15, 0.2) is 0 Å². The number of carbonyl (C=O) groups excluding carboxylic acids is 1. The van der Waals surface area contributed by atoms with Gasteiger partial charge in [0.2, 0.25) is 0 Å². The van der Waals surface area contributed by atoms with Gasteiger partial charge < -0.3 is 15.1 Å². The average Bonchev–Trinajstić information content (AvgIpc) is 2.90. The molecule has 2 amide bonds. The monoisotopic (exact) mass is 236 g/mol. The lowest BCUT2D eigenvalue weighted by atomic mass is 10.2. The Morgan fingerprint density at radius 3 is 2.94 bits per heavy atom. The molecular weight excluding hydrogens is 216 g/mol. The van der Waals surface area contributed by atoms with Crippen molar-refractivity contribution in [1.82, 2.24) is 10.6 Å². The molecule has 4 heteroatoms. The van der Waals surface area contributed by atoms with E-state index in [0.717, 1.165) is 25.0 Å². The number of carbonyl (C=O) groups is 1. The summed E-state index contributed by atoms with van der Waals surface area (Å²) in [6.07, 6.45) is 7.06. The summed E-state index contributed by atoms with van der Waals surface area (Å²) < 4.78 is 5.25. The normalized spacial score (nSPS) is 17.9. The molecule has 1 unspecified atom stereocenters. The Balaban J connectivity index is 1.70. The van der Waals surface area contributed by atoms with Crippen LogP contribution in [0.4, 0.5) is 4.79 Å². The molecule has 94 valence electrons. The van der Waals surface area contributed by atoms with Gasteiger partial charge in [0, 0.05) is 18.5 Å². The molecule has 0 aromatic carbocycles. The molecule has 2 N–H and O–H groups in total. The Kier molecular flexibility index (Phi) is 4.07. The van der Waals surface area contributed by atoms with Crippen LogP contribution in [0.1, 0.15) is 38.4 Å². The molecule has 1 atom stereocenters. The van der Waals surface area contributed by atoms with Crippen LogP contribution in [0.15, 0.2) is 22.8 Å². The molecule has 1 aliphatic rings. The Hall–Kier alpha value is -1.45. The Labute approximate surface area is 102 Å². The van der Waals surface area contributed by atoms with Crippen LogP contribution in [-0.2, 0) is 6.42 Å². The van der Waals surface area contributed by atoms with E-state index < -0.39 is 0 Å². The van der Waals surface area contributed by atoms with Crippen molar-refractivity contribution < 1.29 is 9.21 Å². The predicted octanol–water partition coefficient (Wildman–Crippen LogP) is 2.45. The minimum atomic E-state index is -0.0593. The molecule has 1 saturated carbocycles. The zero-order valence-electron chi connectivity index (χ0n) is 10.2. The molecule has 1 aromatic heterocycles. The largest absolute Gasteiger partial charge is 0.469 e. The Morgan fingerprint density at radius 1 is 1.53 bits per heavy atom. The summed E-state index contributed by atoms with van der Waals surface area (Å²) in [5.74, 6) is 0.902. The molecule has 2 rings (SSSR count). The molecule has 1 heterocycles. The zero-order chi connectivity index (χ0) is 12.1. The maximum atomic E-state index is 11.7. The summed E-state index contributed by atoms with van der Waals surface area (Å²) in [4.78, 5) is 11.7. The van der Waals surface area contributed by atoms with E-state index in [2.05, 4.69) is 10.6 Å². The smallest absolute Gasteiger partial charge is 0.315 e. The fraction of sp³-hybridized carbons (Fsp3) is 0.615. The maximum Gasteiger partial charge on any atom is 0.315 e. The van der Waals surface area contributed by atoms with E-state index in [1.807, 2.05) is 19.1 Å². The van der Waals surface area contributed by atoms with Gasteiger partial charge in [-0.1, -0.05) is 12.8 Å². The van der Waals surface area contributed by atoms with Crippen molar-refractivity contribution in [2.45, 2.75) is 51.1 Å². The topological polar surface area (TPSA) is 54.3 Å². The van der Waals surface area contributed by atoms with Crippen LogP contribution in [0.2, 0.25) is 0 Å². The Bertz CT molecular complexity index is 342. The fourth-order valence-corrected chi connectivity index (χ4v) is 2.30. The summed E-state index contributed by atoms with van der Waals surface area (Å²) in [7, 11) is 0. The molecule has 0 bridgehead atoms. The van der Waals surface area contributed by atoms with Crippen molar-refractivity contribution in [2.24, 2.45) is 0 Å². The number of nitrogens with one attached hydrogen (secondary N) is 2. The van der Waals surface area contributed by atoms with E-state index >= 15 is 0 Å². The minimum Gasteiger partial charge on any atom is -0.469 e. The first-order valence-corrected chi connectivity index (χ1v) is 6.33. The number of amides is 2. The van der Waals surface area contributed by atoms with Gasteiger partial charge in [-0.15, -0.1) is 0 Å². The van der Waals surface area contributed by atoms with Crippen LogP contribution in [0.25, 0.3) is 0 Å². The standard InChI is InChI=1S/C13H20N2O2/c1-10(9-12-7-4-8-17-12)14-13(16)15-11-5-2-3-6-11/h4,7-8,10-11H,2-3,5-6,9H2,1H3,(H2,14,15,16). The first-order chi connectivity index (χ1) is 8.24. The Morgan fingerprint density at radius 2 is 2.29 bits per heavy atom. The quantitative estimate of drug-likeness (QED) is 0.843. The number of furan rings is 1. The van der Waals surface area contributed by atoms with Gasteiger partial charge in [0.05, 0.1) is 6.26 Å². The summed E-state index contributed by atoms with van der Waals surface area (Å²) >= 11 is 0. The van der Waals surface area contributed by atoms with Crippen molar-refractivity contribution in [3.8, 4) is 0 Å². The van der Waals surface area contributed by atoms with Crippen molar-refractivity contribution >= 4 is 6.03 Å². The second-order valence-electron chi connectivity index (χ2n) is 4.78. The molecule has 4 nitrogen and oxygen atoms in total. The molecule has 1 fully saturated rings. The molecular formula is C13H20N2O2. The van der Waals surface area contributed by atoms with E-state index in [1.54, 1.807) is 6.26 Å². The van der Waals surface area contributed by atoms with Crippen LogP contribution >= 0.6 is 0 Å². The molecule has 1 aliphatic carbocycles. The molecule has 0 saturated heterocycles. The molecule has 0 radical (unpaired) electrons. The summed E-state index contributed by atoms with van der Waals surface area (Å²) in [5, 5.41) is 5.94. The fourth-order valence-electron chi connectivity index (χ4n) is 2.30. The van der Waals surface area contributed by atoms with Crippen molar-refractivity contribution in [3.63, 3.8) is 0 Å². The summed E-state index contributed by atoms with van der Waals surface area (Å²) in [5.41, 5.74) is 0. The molecule has 1 aromatic rings. The lowest BCUT2D eigenvalue weighted by Gasteiger charge is -2.16. The second-order valence-corrected chi connectivity index (χ2v) is 4.78. The van der Waals surface area contributed by atoms with Crippen molar-refractivity contribution in [2.75, 3.05) is 0 Å². The van der Waals surface area contributed by atoms with Crippen LogP contribution in [0, 0.1) is 0 Å². The third kappa shape index (κ3) is 3.80. The molecule has 0 spiro atoms. The lowest BCUT2D eigenvalue weighted by molar-refractivity contribution is 0.233. The van der Waals surface area contributed by atoms with Crippen molar-refractivity contribution in [3.05, 3.63) is 24.2 Å². The molecule has 0 aliphatic heterocycles. The third-order valence-electron chi connectivity index (χ3n) is 3.16. The average molecular weight is 236 g/mol. The highest BCUT2D eigenvalue weighted by Crippen LogP contribution is 2.17. The van der Waals surface area contributed by atoms with E-state index in [1.165, 1.54) is 12.8 Å². The van der Waals surface area contributed by atoms with Gasteiger partial charge in [-0.05, 0) is 31.9 Å². The molecule has 17 heavy (non-hydrogen) atoms. The lowest BCUT2D eigenvalue weighted by Crippen LogP contribution is -2.45. The van der Waals surface area contributed by atoms with Crippen LogP contribution < -0.4 is 10.6 Å². The van der Waals surface area contributed by atoms with Crippen molar-refractivity contribution in [1.29, 1.82) is 0 Å². The predicted molar refractivity (Wildman–Crippen MR) is 65.8 cm³/mol. The van der Waals surface area contributed by atoms with Crippen LogP contribution in [-0.4, -0.2) is 18.1 Å². The number of urea groups is 1. The van der Waals surface area contributed by atoms with Gasteiger partial charge >= 0.3 is 6.03 Å². The highest BCUT2D eigenvalue weighted by Gasteiger charge is 2.18. The van der Waals surface area contributed by atoms with Gasteiger partial charge in [0.1, 0.15) is 5.76 Å². The van der Waals surface area contributed by atoms with Gasteiger partial charge in [-0.3, -0.25) is 0 Å². The number of rotatable bonds is 4. The van der Waals surface area contributed by atoms with Gasteiger partial charge in [-0.2, -0.15) is 0 Å². The first-order valence-electron chi connectivity index (χ1n) is 6.33. The van der Waals surface area contributed by atoms with E-state index in [9.17, 15) is 4.79 Å². The highest BCUT2D eigenvalue weighted by molar-refractivity contribution is 5.74.